The molecule has 138 valence electrons. The minimum absolute atomic E-state index is 0. The molecular formula is C21H30ClNO2. The van der Waals surface area contributed by atoms with E-state index in [1.807, 2.05) is 24.3 Å². The third-order valence-electron chi connectivity index (χ3n) is 4.18. The second kappa shape index (κ2) is 10.4. The fourth-order valence-electron chi connectivity index (χ4n) is 2.66. The van der Waals surface area contributed by atoms with Gasteiger partial charge in [-0.15, -0.1) is 12.4 Å². The van der Waals surface area contributed by atoms with Crippen molar-refractivity contribution in [1.29, 1.82) is 0 Å². The molecule has 2 unspecified atom stereocenters. The van der Waals surface area contributed by atoms with E-state index < -0.39 is 6.10 Å². The predicted octanol–water partition coefficient (Wildman–Crippen LogP) is 4.63. The summed E-state index contributed by atoms with van der Waals surface area (Å²) in [5, 5.41) is 13.6. The third-order valence-corrected chi connectivity index (χ3v) is 4.18. The average Bonchev–Trinajstić information content (AvgIpc) is 2.58. The Balaban J connectivity index is 0.00000312. The summed E-state index contributed by atoms with van der Waals surface area (Å²) >= 11 is 0. The molecule has 0 bridgehead atoms. The van der Waals surface area contributed by atoms with Crippen LogP contribution in [0.2, 0.25) is 0 Å². The maximum absolute atomic E-state index is 10.2. The molecule has 2 aromatic carbocycles. The number of aliphatic hydroxyl groups is 1. The molecule has 25 heavy (non-hydrogen) atoms. The van der Waals surface area contributed by atoms with Gasteiger partial charge < -0.3 is 15.2 Å². The van der Waals surface area contributed by atoms with Crippen molar-refractivity contribution in [2.45, 2.75) is 45.8 Å². The zero-order valence-electron chi connectivity index (χ0n) is 15.5. The van der Waals surface area contributed by atoms with Gasteiger partial charge in [-0.25, -0.2) is 0 Å². The van der Waals surface area contributed by atoms with Gasteiger partial charge in [-0.1, -0.05) is 56.3 Å². The van der Waals surface area contributed by atoms with Crippen molar-refractivity contribution in [2.24, 2.45) is 0 Å². The summed E-state index contributed by atoms with van der Waals surface area (Å²) < 4.78 is 5.89. The van der Waals surface area contributed by atoms with Crippen LogP contribution < -0.4 is 10.1 Å². The Bertz CT molecular complexity index is 631. The lowest BCUT2D eigenvalue weighted by Gasteiger charge is -2.20. The van der Waals surface area contributed by atoms with E-state index in [2.05, 4.69) is 57.3 Å². The third kappa shape index (κ3) is 6.69. The molecular weight excluding hydrogens is 334 g/mol. The molecule has 0 aromatic heterocycles. The molecule has 2 rings (SSSR count). The van der Waals surface area contributed by atoms with Gasteiger partial charge in [0.15, 0.2) is 0 Å². The van der Waals surface area contributed by atoms with E-state index in [0.29, 0.717) is 12.5 Å². The molecule has 2 atom stereocenters. The van der Waals surface area contributed by atoms with Crippen molar-refractivity contribution in [3.8, 4) is 5.75 Å². The van der Waals surface area contributed by atoms with E-state index in [0.717, 1.165) is 5.75 Å². The summed E-state index contributed by atoms with van der Waals surface area (Å²) in [4.78, 5) is 0. The molecule has 0 aliphatic heterocycles. The van der Waals surface area contributed by atoms with Crippen molar-refractivity contribution in [3.63, 3.8) is 0 Å². The Morgan fingerprint density at radius 3 is 2.36 bits per heavy atom. The molecule has 2 aromatic rings. The maximum Gasteiger partial charge on any atom is 0.123 e. The lowest BCUT2D eigenvalue weighted by Crippen LogP contribution is -2.33. The summed E-state index contributed by atoms with van der Waals surface area (Å²) in [6.45, 7) is 9.24. The van der Waals surface area contributed by atoms with Crippen LogP contribution in [0.25, 0.3) is 0 Å². The molecule has 0 fully saturated rings. The quantitative estimate of drug-likeness (QED) is 0.718. The van der Waals surface area contributed by atoms with Gasteiger partial charge in [0, 0.05) is 12.6 Å². The number of hydrogen-bond donors (Lipinski definition) is 2. The Kier molecular flexibility index (Phi) is 8.98. The number of aryl methyl sites for hydroxylation is 1. The van der Waals surface area contributed by atoms with Crippen molar-refractivity contribution in [3.05, 3.63) is 65.2 Å². The van der Waals surface area contributed by atoms with E-state index in [-0.39, 0.29) is 25.1 Å². The highest BCUT2D eigenvalue weighted by Crippen LogP contribution is 2.27. The van der Waals surface area contributed by atoms with Gasteiger partial charge >= 0.3 is 0 Å². The highest BCUT2D eigenvalue weighted by Gasteiger charge is 2.12. The first-order valence-corrected chi connectivity index (χ1v) is 8.67. The summed E-state index contributed by atoms with van der Waals surface area (Å²) in [5.74, 6) is 1.27. The van der Waals surface area contributed by atoms with Crippen molar-refractivity contribution < 1.29 is 9.84 Å². The number of aliphatic hydroxyl groups excluding tert-OH is 1. The maximum atomic E-state index is 10.2. The number of benzene rings is 2. The fraction of sp³-hybridized carbons (Fsp3) is 0.429. The molecule has 3 nitrogen and oxygen atoms in total. The lowest BCUT2D eigenvalue weighted by molar-refractivity contribution is 0.103. The van der Waals surface area contributed by atoms with Crippen LogP contribution in [0.5, 0.6) is 5.75 Å². The Labute approximate surface area is 157 Å². The number of nitrogens with one attached hydrogen (secondary N) is 1. The summed E-state index contributed by atoms with van der Waals surface area (Å²) in [6, 6.07) is 16.7. The van der Waals surface area contributed by atoms with E-state index in [1.165, 1.54) is 16.7 Å². The summed E-state index contributed by atoms with van der Waals surface area (Å²) in [7, 11) is 0. The van der Waals surface area contributed by atoms with E-state index in [9.17, 15) is 5.11 Å². The van der Waals surface area contributed by atoms with Crippen molar-refractivity contribution >= 4 is 12.4 Å². The van der Waals surface area contributed by atoms with Gasteiger partial charge in [-0.05, 0) is 42.5 Å². The number of ether oxygens (including phenoxy) is 1. The Morgan fingerprint density at radius 2 is 1.72 bits per heavy atom. The number of halogens is 1. The first kappa shape index (κ1) is 21.5. The number of hydrogen-bond acceptors (Lipinski definition) is 3. The van der Waals surface area contributed by atoms with E-state index >= 15 is 0 Å². The molecule has 0 saturated carbocycles. The van der Waals surface area contributed by atoms with Crippen LogP contribution in [0.3, 0.4) is 0 Å². The molecule has 0 spiro atoms. The summed E-state index contributed by atoms with van der Waals surface area (Å²) in [6.07, 6.45) is -0.545. The van der Waals surface area contributed by atoms with Crippen LogP contribution in [-0.4, -0.2) is 24.4 Å². The minimum Gasteiger partial charge on any atom is -0.491 e. The molecule has 2 N–H and O–H groups in total. The molecule has 0 saturated heterocycles. The standard InChI is InChI=1S/C21H29NO2.ClH/c1-15(2)20-11-10-16(3)12-21(20)24-14-19(23)13-22-17(4)18-8-6-5-7-9-18;/h5-12,15,17,19,22-23H,13-14H2,1-4H3;1H. The van der Waals surface area contributed by atoms with Gasteiger partial charge in [0.1, 0.15) is 18.5 Å². The number of rotatable bonds is 8. The zero-order valence-corrected chi connectivity index (χ0v) is 16.3. The molecule has 0 heterocycles. The van der Waals surface area contributed by atoms with Crippen LogP contribution in [-0.2, 0) is 0 Å². The second-order valence-electron chi connectivity index (χ2n) is 6.70. The monoisotopic (exact) mass is 363 g/mol. The van der Waals surface area contributed by atoms with E-state index in [1.54, 1.807) is 0 Å². The van der Waals surface area contributed by atoms with Crippen LogP contribution >= 0.6 is 12.4 Å². The first-order chi connectivity index (χ1) is 11.5. The normalized spacial score (nSPS) is 13.2. The smallest absolute Gasteiger partial charge is 0.123 e. The zero-order chi connectivity index (χ0) is 17.5. The van der Waals surface area contributed by atoms with Crippen LogP contribution in [0.15, 0.2) is 48.5 Å². The first-order valence-electron chi connectivity index (χ1n) is 8.67. The predicted molar refractivity (Wildman–Crippen MR) is 107 cm³/mol. The minimum atomic E-state index is -0.545. The van der Waals surface area contributed by atoms with Gasteiger partial charge in [0.25, 0.3) is 0 Å². The molecule has 0 radical (unpaired) electrons. The molecule has 0 amide bonds. The molecule has 0 aliphatic rings. The van der Waals surface area contributed by atoms with Gasteiger partial charge in [0.2, 0.25) is 0 Å². The Hall–Kier alpha value is -1.55. The average molecular weight is 364 g/mol. The van der Waals surface area contributed by atoms with Crippen molar-refractivity contribution in [2.75, 3.05) is 13.2 Å². The van der Waals surface area contributed by atoms with Crippen LogP contribution in [0, 0.1) is 6.92 Å². The highest BCUT2D eigenvalue weighted by molar-refractivity contribution is 5.85. The summed E-state index contributed by atoms with van der Waals surface area (Å²) in [5.41, 5.74) is 3.56. The van der Waals surface area contributed by atoms with Crippen LogP contribution in [0.1, 0.15) is 49.4 Å². The van der Waals surface area contributed by atoms with Crippen LogP contribution in [0.4, 0.5) is 0 Å². The molecule has 0 aliphatic carbocycles. The SMILES string of the molecule is Cc1ccc(C(C)C)c(OCC(O)CNC(C)c2ccccc2)c1.Cl. The van der Waals surface area contributed by atoms with Gasteiger partial charge in [0.05, 0.1) is 0 Å². The van der Waals surface area contributed by atoms with E-state index in [4.69, 9.17) is 4.74 Å². The Morgan fingerprint density at radius 1 is 1.04 bits per heavy atom. The van der Waals surface area contributed by atoms with Gasteiger partial charge in [-0.2, -0.15) is 0 Å². The molecule has 4 heteroatoms. The lowest BCUT2D eigenvalue weighted by atomic mass is 10.0. The second-order valence-corrected chi connectivity index (χ2v) is 6.70. The topological polar surface area (TPSA) is 41.5 Å². The highest BCUT2D eigenvalue weighted by atomic mass is 35.5. The largest absolute Gasteiger partial charge is 0.491 e. The fourth-order valence-corrected chi connectivity index (χ4v) is 2.66. The van der Waals surface area contributed by atoms with Gasteiger partial charge in [-0.3, -0.25) is 0 Å². The van der Waals surface area contributed by atoms with Crippen molar-refractivity contribution in [1.82, 2.24) is 5.32 Å².